The number of hydrogen-bond acceptors (Lipinski definition) is 3. The Labute approximate surface area is 141 Å². The van der Waals surface area contributed by atoms with E-state index < -0.39 is 0 Å². The minimum Gasteiger partial charge on any atom is -0.352 e. The van der Waals surface area contributed by atoms with Crippen molar-refractivity contribution in [3.8, 4) is 0 Å². The predicted octanol–water partition coefficient (Wildman–Crippen LogP) is 3.50. The summed E-state index contributed by atoms with van der Waals surface area (Å²) in [4.78, 5) is 15.4. The van der Waals surface area contributed by atoms with Crippen molar-refractivity contribution in [2.24, 2.45) is 0 Å². The summed E-state index contributed by atoms with van der Waals surface area (Å²) in [6, 6.07) is 3.53. The monoisotopic (exact) mass is 330 g/mol. The lowest BCUT2D eigenvalue weighted by Gasteiger charge is -2.28. The van der Waals surface area contributed by atoms with Crippen LogP contribution in [0, 0.1) is 4.64 Å². The minimum atomic E-state index is -0.131. The van der Waals surface area contributed by atoms with Gasteiger partial charge in [-0.3, -0.25) is 9.48 Å². The number of aromatic nitrogens is 3. The Morgan fingerprint density at radius 3 is 2.96 bits per heavy atom. The number of amides is 1. The molecule has 6 heteroatoms. The van der Waals surface area contributed by atoms with E-state index in [0.29, 0.717) is 10.2 Å². The molecule has 2 heterocycles. The molecule has 2 aromatic heterocycles. The lowest BCUT2D eigenvalue weighted by molar-refractivity contribution is 0.0931. The summed E-state index contributed by atoms with van der Waals surface area (Å²) in [5, 5.41) is 7.67. The zero-order valence-electron chi connectivity index (χ0n) is 13.7. The molecule has 0 saturated heterocycles. The molecule has 5 nitrogen and oxygen atoms in total. The second-order valence-electron chi connectivity index (χ2n) is 6.96. The van der Waals surface area contributed by atoms with Gasteiger partial charge in [0.1, 0.15) is 4.64 Å². The van der Waals surface area contributed by atoms with Gasteiger partial charge in [0.05, 0.1) is 23.3 Å². The maximum absolute atomic E-state index is 12.5. The molecule has 0 saturated carbocycles. The quantitative estimate of drug-likeness (QED) is 0.828. The molecule has 23 heavy (non-hydrogen) atoms. The average molecular weight is 330 g/mol. The number of hydrogen-bond donors (Lipinski definition) is 2. The predicted molar refractivity (Wildman–Crippen MR) is 92.0 cm³/mol. The van der Waals surface area contributed by atoms with Gasteiger partial charge in [-0.2, -0.15) is 5.10 Å². The van der Waals surface area contributed by atoms with E-state index in [2.05, 4.69) is 40.9 Å². The van der Waals surface area contributed by atoms with Crippen molar-refractivity contribution in [1.82, 2.24) is 20.1 Å². The van der Waals surface area contributed by atoms with Gasteiger partial charge in [0.15, 0.2) is 0 Å². The van der Waals surface area contributed by atoms with Gasteiger partial charge < -0.3 is 10.3 Å². The molecule has 0 fully saturated rings. The smallest absolute Gasteiger partial charge is 0.254 e. The van der Waals surface area contributed by atoms with Crippen molar-refractivity contribution in [1.29, 1.82) is 0 Å². The molecule has 122 valence electrons. The first kappa shape index (κ1) is 15.9. The van der Waals surface area contributed by atoms with Crippen LogP contribution in [0.15, 0.2) is 24.5 Å². The third-order valence-corrected chi connectivity index (χ3v) is 4.52. The Hall–Kier alpha value is -1.95. The molecule has 0 radical (unpaired) electrons. The largest absolute Gasteiger partial charge is 0.352 e. The molecule has 3 rings (SSSR count). The van der Waals surface area contributed by atoms with Gasteiger partial charge in [0.2, 0.25) is 0 Å². The van der Waals surface area contributed by atoms with Crippen LogP contribution in [0.2, 0.25) is 0 Å². The number of carbonyl (C=O) groups excluding carboxylic acids is 1. The fraction of sp³-hybridized carbons (Fsp3) is 0.471. The van der Waals surface area contributed by atoms with Crippen LogP contribution in [-0.2, 0) is 12.0 Å². The first-order valence-corrected chi connectivity index (χ1v) is 8.34. The third-order valence-electron chi connectivity index (χ3n) is 4.19. The Morgan fingerprint density at radius 2 is 2.26 bits per heavy atom. The Kier molecular flexibility index (Phi) is 4.10. The Morgan fingerprint density at radius 1 is 1.48 bits per heavy atom. The summed E-state index contributed by atoms with van der Waals surface area (Å²) in [6.07, 6.45) is 6.60. The van der Waals surface area contributed by atoms with Crippen LogP contribution < -0.4 is 5.32 Å². The highest BCUT2D eigenvalue weighted by atomic mass is 32.1. The number of aromatic amines is 1. The summed E-state index contributed by atoms with van der Waals surface area (Å²) < 4.78 is 2.54. The zero-order chi connectivity index (χ0) is 16.6. The number of nitrogens with zero attached hydrogens (tertiary/aromatic N) is 2. The summed E-state index contributed by atoms with van der Waals surface area (Å²) in [7, 11) is 0. The minimum absolute atomic E-state index is 0.00282. The van der Waals surface area contributed by atoms with Gasteiger partial charge in [-0.1, -0.05) is 12.2 Å². The number of H-pyrrole nitrogens is 1. The van der Waals surface area contributed by atoms with Crippen LogP contribution in [0.25, 0.3) is 0 Å². The zero-order valence-corrected chi connectivity index (χ0v) is 14.5. The molecule has 0 unspecified atom stereocenters. The van der Waals surface area contributed by atoms with Crippen LogP contribution >= 0.6 is 12.2 Å². The number of pyridine rings is 1. The maximum Gasteiger partial charge on any atom is 0.254 e. The number of rotatable bonds is 2. The highest BCUT2D eigenvalue weighted by Crippen LogP contribution is 2.32. The molecular formula is C17H22N4OS. The summed E-state index contributed by atoms with van der Waals surface area (Å²) in [5.41, 5.74) is 2.82. The second kappa shape index (κ2) is 5.92. The number of carbonyl (C=O) groups is 1. The number of nitrogens with one attached hydrogen (secondary N) is 2. The van der Waals surface area contributed by atoms with Crippen molar-refractivity contribution < 1.29 is 4.79 Å². The van der Waals surface area contributed by atoms with Crippen molar-refractivity contribution in [2.45, 2.75) is 51.6 Å². The molecule has 1 aliphatic rings. The molecular weight excluding hydrogens is 308 g/mol. The Bertz CT molecular complexity index is 784. The van der Waals surface area contributed by atoms with E-state index >= 15 is 0 Å². The lowest BCUT2D eigenvalue weighted by Crippen LogP contribution is -2.32. The summed E-state index contributed by atoms with van der Waals surface area (Å²) >= 11 is 5.19. The van der Waals surface area contributed by atoms with Gasteiger partial charge in [0.25, 0.3) is 5.91 Å². The summed E-state index contributed by atoms with van der Waals surface area (Å²) in [6.45, 7) is 6.43. The molecule has 0 aromatic carbocycles. The normalized spacial score (nSPS) is 17.6. The number of fused-ring (bicyclic) bond motifs is 1. The average Bonchev–Trinajstić information content (AvgIpc) is 2.92. The van der Waals surface area contributed by atoms with Crippen LogP contribution in [0.4, 0.5) is 0 Å². The fourth-order valence-corrected chi connectivity index (χ4v) is 3.35. The highest BCUT2D eigenvalue weighted by Gasteiger charge is 2.29. The van der Waals surface area contributed by atoms with Crippen LogP contribution in [-0.4, -0.2) is 20.7 Å². The molecule has 1 amide bonds. The van der Waals surface area contributed by atoms with E-state index in [0.717, 1.165) is 24.8 Å². The summed E-state index contributed by atoms with van der Waals surface area (Å²) in [5.74, 6) is -0.131. The SMILES string of the molecule is CC(C)(C)n1ncc2c1CCC[C@H]2NC(=O)c1ccc[nH]c1=S. The van der Waals surface area contributed by atoms with E-state index in [1.54, 1.807) is 18.3 Å². The van der Waals surface area contributed by atoms with E-state index in [1.165, 1.54) is 5.69 Å². The molecule has 0 bridgehead atoms. The van der Waals surface area contributed by atoms with E-state index in [4.69, 9.17) is 12.2 Å². The van der Waals surface area contributed by atoms with Gasteiger partial charge in [0, 0.05) is 17.5 Å². The second-order valence-corrected chi connectivity index (χ2v) is 7.37. The molecule has 1 atom stereocenters. The molecule has 2 aromatic rings. The molecule has 2 N–H and O–H groups in total. The topological polar surface area (TPSA) is 62.7 Å². The van der Waals surface area contributed by atoms with Crippen LogP contribution in [0.3, 0.4) is 0 Å². The van der Waals surface area contributed by atoms with Crippen molar-refractivity contribution >= 4 is 18.1 Å². The van der Waals surface area contributed by atoms with Crippen molar-refractivity contribution in [3.05, 3.63) is 46.0 Å². The molecule has 1 aliphatic carbocycles. The van der Waals surface area contributed by atoms with Gasteiger partial charge in [-0.25, -0.2) is 0 Å². The standard InChI is InChI=1S/C17H22N4OS/c1-17(2,3)21-14-8-4-7-13(12(14)10-19-21)20-15(22)11-6-5-9-18-16(11)23/h5-6,9-10,13H,4,7-8H2,1-3H3,(H,18,23)(H,20,22)/t13-/m1/s1. The van der Waals surface area contributed by atoms with E-state index in [-0.39, 0.29) is 17.5 Å². The maximum atomic E-state index is 12.5. The van der Waals surface area contributed by atoms with Crippen LogP contribution in [0.1, 0.15) is 61.3 Å². The lowest BCUT2D eigenvalue weighted by atomic mass is 9.92. The van der Waals surface area contributed by atoms with E-state index in [1.807, 2.05) is 6.20 Å². The fourth-order valence-electron chi connectivity index (χ4n) is 3.12. The van der Waals surface area contributed by atoms with E-state index in [9.17, 15) is 4.79 Å². The first-order valence-electron chi connectivity index (χ1n) is 7.94. The van der Waals surface area contributed by atoms with Crippen LogP contribution in [0.5, 0.6) is 0 Å². The van der Waals surface area contributed by atoms with Crippen molar-refractivity contribution in [3.63, 3.8) is 0 Å². The first-order chi connectivity index (χ1) is 10.9. The third kappa shape index (κ3) is 3.08. The molecule has 0 aliphatic heterocycles. The van der Waals surface area contributed by atoms with Crippen molar-refractivity contribution in [2.75, 3.05) is 0 Å². The van der Waals surface area contributed by atoms with Gasteiger partial charge >= 0.3 is 0 Å². The van der Waals surface area contributed by atoms with Gasteiger partial charge in [-0.05, 0) is 52.2 Å². The molecule has 0 spiro atoms. The van der Waals surface area contributed by atoms with Gasteiger partial charge in [-0.15, -0.1) is 0 Å². The Balaban J connectivity index is 1.87. The highest BCUT2D eigenvalue weighted by molar-refractivity contribution is 7.71.